The molecular weight excluding hydrogens is 380 g/mol. The summed E-state index contributed by atoms with van der Waals surface area (Å²) >= 11 is 0. The lowest BCUT2D eigenvalue weighted by Crippen LogP contribution is -2.29. The Morgan fingerprint density at radius 2 is 1.48 bits per heavy atom. The number of hydrogen-bond donors (Lipinski definition) is 0. The molecule has 0 atom stereocenters. The second kappa shape index (κ2) is 8.46. The Kier molecular flexibility index (Phi) is 6.18. The van der Waals surface area contributed by atoms with Crippen LogP contribution in [0.5, 0.6) is 0 Å². The molecule has 0 fully saturated rings. The number of aryl methyl sites for hydroxylation is 3. The molecule has 3 aromatic rings. The summed E-state index contributed by atoms with van der Waals surface area (Å²) in [6, 6.07) is 16.0. The summed E-state index contributed by atoms with van der Waals surface area (Å²) in [5.74, 6) is 0.0720. The molecule has 1 heterocycles. The van der Waals surface area contributed by atoms with Crippen LogP contribution < -0.4 is 0 Å². The van der Waals surface area contributed by atoms with Crippen LogP contribution in [-0.4, -0.2) is 23.1 Å². The third kappa shape index (κ3) is 5.30. The van der Waals surface area contributed by atoms with Gasteiger partial charge >= 0.3 is 0 Å². The third-order valence-corrected chi connectivity index (χ3v) is 7.69. The molecular formula is C24H28N2O2S. The van der Waals surface area contributed by atoms with Gasteiger partial charge in [-0.25, -0.2) is 8.42 Å². The molecule has 0 radical (unpaired) electrons. The van der Waals surface area contributed by atoms with E-state index in [1.807, 2.05) is 48.8 Å². The third-order valence-electron chi connectivity index (χ3n) is 5.11. The lowest BCUT2D eigenvalue weighted by molar-refractivity contribution is 0.559. The van der Waals surface area contributed by atoms with E-state index >= 15 is 0 Å². The van der Waals surface area contributed by atoms with Gasteiger partial charge < -0.3 is 0 Å². The summed E-state index contributed by atoms with van der Waals surface area (Å²) in [6.07, 6.45) is 5.30. The molecule has 0 aliphatic rings. The average Bonchev–Trinajstić information content (AvgIpc) is 2.67. The number of rotatable bonds is 6. The number of aromatic nitrogens is 2. The van der Waals surface area contributed by atoms with Crippen molar-refractivity contribution < 1.29 is 8.42 Å². The molecule has 0 N–H and O–H groups in total. The molecule has 0 unspecified atom stereocenters. The van der Waals surface area contributed by atoms with E-state index in [2.05, 4.69) is 29.0 Å². The van der Waals surface area contributed by atoms with Gasteiger partial charge in [-0.15, -0.1) is 0 Å². The van der Waals surface area contributed by atoms with Gasteiger partial charge in [0.15, 0.2) is 9.84 Å². The zero-order chi connectivity index (χ0) is 21.1. The van der Waals surface area contributed by atoms with Crippen molar-refractivity contribution in [3.05, 3.63) is 83.3 Å². The van der Waals surface area contributed by atoms with Crippen molar-refractivity contribution >= 4 is 9.84 Å². The maximum atomic E-state index is 12.4. The Morgan fingerprint density at radius 3 is 2.07 bits per heavy atom. The fourth-order valence-corrected chi connectivity index (χ4v) is 4.06. The predicted molar refractivity (Wildman–Crippen MR) is 118 cm³/mol. The second-order valence-corrected chi connectivity index (χ2v) is 11.1. The summed E-state index contributed by atoms with van der Waals surface area (Å²) in [5.41, 5.74) is 6.10. The van der Waals surface area contributed by atoms with Crippen LogP contribution in [0.1, 0.15) is 43.2 Å². The van der Waals surface area contributed by atoms with Crippen LogP contribution in [0.4, 0.5) is 0 Å². The van der Waals surface area contributed by atoms with Crippen LogP contribution in [0, 0.1) is 6.92 Å². The van der Waals surface area contributed by atoms with E-state index in [0.717, 1.165) is 40.9 Å². The van der Waals surface area contributed by atoms with Gasteiger partial charge in [-0.1, -0.05) is 48.5 Å². The summed E-state index contributed by atoms with van der Waals surface area (Å²) < 4.78 is 24.0. The SMILES string of the molecule is Cc1ccccc1-c1cnc(CCc2ccc(CS(=O)(=O)C(C)(C)C)cc2)cn1. The van der Waals surface area contributed by atoms with Crippen LogP contribution in [0.2, 0.25) is 0 Å². The van der Waals surface area contributed by atoms with E-state index in [-0.39, 0.29) is 5.75 Å². The largest absolute Gasteiger partial charge is 0.257 e. The molecule has 0 amide bonds. The topological polar surface area (TPSA) is 59.9 Å². The van der Waals surface area contributed by atoms with Crippen LogP contribution in [-0.2, 0) is 28.4 Å². The number of sulfone groups is 1. The lowest BCUT2D eigenvalue weighted by atomic mass is 10.1. The van der Waals surface area contributed by atoms with Crippen molar-refractivity contribution in [2.45, 2.75) is 51.0 Å². The molecule has 4 nitrogen and oxygen atoms in total. The highest BCUT2D eigenvalue weighted by molar-refractivity contribution is 7.91. The van der Waals surface area contributed by atoms with E-state index in [4.69, 9.17) is 0 Å². The highest BCUT2D eigenvalue weighted by atomic mass is 32.2. The first-order valence-electron chi connectivity index (χ1n) is 9.83. The highest BCUT2D eigenvalue weighted by Gasteiger charge is 2.28. The molecule has 29 heavy (non-hydrogen) atoms. The molecule has 0 aliphatic heterocycles. The Hall–Kier alpha value is -2.53. The minimum Gasteiger partial charge on any atom is -0.257 e. The van der Waals surface area contributed by atoms with Crippen LogP contribution in [0.3, 0.4) is 0 Å². The van der Waals surface area contributed by atoms with Gasteiger partial charge in [0.1, 0.15) is 0 Å². The van der Waals surface area contributed by atoms with Gasteiger partial charge in [0.05, 0.1) is 28.1 Å². The van der Waals surface area contributed by atoms with Gasteiger partial charge in [-0.2, -0.15) is 0 Å². The fourth-order valence-electron chi connectivity index (χ4n) is 2.99. The summed E-state index contributed by atoms with van der Waals surface area (Å²) in [7, 11) is -3.17. The molecule has 3 rings (SSSR count). The van der Waals surface area contributed by atoms with E-state index < -0.39 is 14.6 Å². The predicted octanol–water partition coefficient (Wildman–Crippen LogP) is 4.95. The normalized spacial score (nSPS) is 12.1. The Balaban J connectivity index is 1.61. The molecule has 1 aromatic heterocycles. The Labute approximate surface area is 174 Å². The first-order valence-corrected chi connectivity index (χ1v) is 11.5. The Bertz CT molecular complexity index is 1070. The van der Waals surface area contributed by atoms with Crippen LogP contribution in [0.15, 0.2) is 60.9 Å². The van der Waals surface area contributed by atoms with Gasteiger partial charge in [-0.3, -0.25) is 9.97 Å². The van der Waals surface area contributed by atoms with Crippen molar-refractivity contribution in [1.82, 2.24) is 9.97 Å². The molecule has 2 aromatic carbocycles. The zero-order valence-electron chi connectivity index (χ0n) is 17.5. The Morgan fingerprint density at radius 1 is 0.828 bits per heavy atom. The zero-order valence-corrected chi connectivity index (χ0v) is 18.3. The van der Waals surface area contributed by atoms with Crippen LogP contribution in [0.25, 0.3) is 11.3 Å². The quantitative estimate of drug-likeness (QED) is 0.579. The maximum absolute atomic E-state index is 12.4. The first-order chi connectivity index (χ1) is 13.7. The molecule has 0 spiro atoms. The van der Waals surface area contributed by atoms with Crippen molar-refractivity contribution in [1.29, 1.82) is 0 Å². The van der Waals surface area contributed by atoms with Crippen molar-refractivity contribution in [3.63, 3.8) is 0 Å². The smallest absolute Gasteiger partial charge is 0.159 e. The van der Waals surface area contributed by atoms with E-state index in [1.54, 1.807) is 20.8 Å². The van der Waals surface area contributed by atoms with E-state index in [0.29, 0.717) is 0 Å². The van der Waals surface area contributed by atoms with Crippen molar-refractivity contribution in [2.75, 3.05) is 0 Å². The monoisotopic (exact) mass is 408 g/mol. The number of hydrogen-bond acceptors (Lipinski definition) is 4. The van der Waals surface area contributed by atoms with Gasteiger partial charge in [0.2, 0.25) is 0 Å². The minimum absolute atomic E-state index is 0.0720. The summed E-state index contributed by atoms with van der Waals surface area (Å²) in [5, 5.41) is 0. The second-order valence-electron chi connectivity index (χ2n) is 8.40. The van der Waals surface area contributed by atoms with Gasteiger partial charge in [0, 0.05) is 11.8 Å². The molecule has 0 saturated heterocycles. The highest BCUT2D eigenvalue weighted by Crippen LogP contribution is 2.22. The molecule has 152 valence electrons. The fraction of sp³-hybridized carbons (Fsp3) is 0.333. The standard InChI is InChI=1S/C24H28N2O2S/c1-18-7-5-6-8-22(18)23-16-25-21(15-26-23)14-13-19-9-11-20(12-10-19)17-29(27,28)24(2,3)4/h5-12,15-16H,13-14,17H2,1-4H3. The number of benzene rings is 2. The summed E-state index contributed by atoms with van der Waals surface area (Å²) in [4.78, 5) is 9.13. The van der Waals surface area contributed by atoms with Crippen LogP contribution >= 0.6 is 0 Å². The first kappa shape index (κ1) is 21.2. The summed E-state index contributed by atoms with van der Waals surface area (Å²) in [6.45, 7) is 7.29. The number of nitrogens with zero attached hydrogens (tertiary/aromatic N) is 2. The lowest BCUT2D eigenvalue weighted by Gasteiger charge is -2.19. The molecule has 5 heteroatoms. The molecule has 0 bridgehead atoms. The maximum Gasteiger partial charge on any atom is 0.159 e. The van der Waals surface area contributed by atoms with E-state index in [9.17, 15) is 8.42 Å². The average molecular weight is 409 g/mol. The minimum atomic E-state index is -3.17. The molecule has 0 saturated carbocycles. The van der Waals surface area contributed by atoms with Crippen molar-refractivity contribution in [2.24, 2.45) is 0 Å². The van der Waals surface area contributed by atoms with Gasteiger partial charge in [0.25, 0.3) is 0 Å². The van der Waals surface area contributed by atoms with Gasteiger partial charge in [-0.05, 0) is 57.2 Å². The molecule has 0 aliphatic carbocycles. The van der Waals surface area contributed by atoms with E-state index in [1.165, 1.54) is 5.56 Å². The van der Waals surface area contributed by atoms with Crippen molar-refractivity contribution in [3.8, 4) is 11.3 Å².